The van der Waals surface area contributed by atoms with Gasteiger partial charge >= 0.3 is 0 Å². The Hall–Kier alpha value is -3.73. The summed E-state index contributed by atoms with van der Waals surface area (Å²) in [5.74, 6) is 0.843. The van der Waals surface area contributed by atoms with Gasteiger partial charge in [-0.05, 0) is 62.3 Å². The van der Waals surface area contributed by atoms with Gasteiger partial charge in [-0.1, -0.05) is 117 Å². The summed E-state index contributed by atoms with van der Waals surface area (Å²) in [6.07, 6.45) is 10.7. The topological polar surface area (TPSA) is 25.8 Å². The van der Waals surface area contributed by atoms with Gasteiger partial charge in [-0.15, -0.1) is 59.7 Å². The number of benzene rings is 4. The smallest absolute Gasteiger partial charge is 0.0795 e. The Bertz CT molecular complexity index is 2100. The number of nitrogens with zero attached hydrogens (tertiary/aromatic N) is 2. The second-order valence-electron chi connectivity index (χ2n) is 13.6. The summed E-state index contributed by atoms with van der Waals surface area (Å²) >= 11 is 1.86. The monoisotopic (exact) mass is 837 g/mol. The van der Waals surface area contributed by atoms with E-state index in [-0.39, 0.29) is 20.1 Å². The zero-order valence-corrected chi connectivity index (χ0v) is 32.0. The number of aromatic nitrogens is 2. The van der Waals surface area contributed by atoms with Gasteiger partial charge in [-0.3, -0.25) is 0 Å². The summed E-state index contributed by atoms with van der Waals surface area (Å²) < 4.78 is 2.60. The van der Waals surface area contributed by atoms with Gasteiger partial charge in [-0.2, -0.15) is 11.3 Å². The van der Waals surface area contributed by atoms with Crippen LogP contribution in [0.5, 0.6) is 0 Å². The van der Waals surface area contributed by atoms with Crippen LogP contribution in [-0.4, -0.2) is 18.0 Å². The second-order valence-corrected chi connectivity index (χ2v) is 19.8. The Labute approximate surface area is 303 Å². The minimum atomic E-state index is -1.23. The van der Waals surface area contributed by atoms with Gasteiger partial charge in [0.1, 0.15) is 0 Å². The van der Waals surface area contributed by atoms with Gasteiger partial charge in [-0.25, -0.2) is 0 Å². The molecule has 8 rings (SSSR count). The van der Waals surface area contributed by atoms with Crippen molar-refractivity contribution in [2.45, 2.75) is 51.7 Å². The fourth-order valence-electron chi connectivity index (χ4n) is 6.58. The summed E-state index contributed by atoms with van der Waals surface area (Å²) in [6, 6.07) is 45.1. The molecule has 0 atom stereocenters. The molecule has 0 saturated heterocycles. The molecule has 3 heterocycles. The van der Waals surface area contributed by atoms with E-state index < -0.39 is 8.07 Å². The first-order valence-electron chi connectivity index (χ1n) is 16.7. The van der Waals surface area contributed by atoms with Crippen LogP contribution in [0, 0.1) is 18.1 Å². The van der Waals surface area contributed by atoms with Crippen LogP contribution in [-0.2, 0) is 26.5 Å². The zero-order valence-electron chi connectivity index (χ0n) is 27.8. The molecule has 3 aromatic heterocycles. The molecule has 7 aromatic rings. The van der Waals surface area contributed by atoms with Gasteiger partial charge < -0.3 is 9.97 Å². The number of rotatable bonds is 6. The third-order valence-electron chi connectivity index (χ3n) is 9.23. The summed E-state index contributed by atoms with van der Waals surface area (Å²) in [4.78, 5) is 9.26. The normalized spacial score (nSPS) is 13.2. The van der Waals surface area contributed by atoms with Gasteiger partial charge in [0.15, 0.2) is 0 Å². The van der Waals surface area contributed by atoms with E-state index in [4.69, 9.17) is 4.98 Å². The predicted octanol–water partition coefficient (Wildman–Crippen LogP) is 11.4. The van der Waals surface area contributed by atoms with E-state index >= 15 is 0 Å². The number of fused-ring (bicyclic) bond motifs is 3. The molecule has 243 valence electrons. The van der Waals surface area contributed by atoms with Crippen LogP contribution in [0.1, 0.15) is 31.2 Å². The molecule has 1 fully saturated rings. The van der Waals surface area contributed by atoms with Crippen LogP contribution in [0.2, 0.25) is 19.6 Å². The van der Waals surface area contributed by atoms with Gasteiger partial charge in [0.2, 0.25) is 0 Å². The molecular formula is C43H40IrN2SSi-2. The van der Waals surface area contributed by atoms with E-state index in [0.29, 0.717) is 0 Å². The van der Waals surface area contributed by atoms with E-state index in [0.717, 1.165) is 28.4 Å². The summed E-state index contributed by atoms with van der Waals surface area (Å²) in [5.41, 5.74) is 8.18. The van der Waals surface area contributed by atoms with Crippen molar-refractivity contribution in [2.24, 2.45) is 5.92 Å². The van der Waals surface area contributed by atoms with Crippen molar-refractivity contribution >= 4 is 44.8 Å². The molecule has 4 aromatic carbocycles. The van der Waals surface area contributed by atoms with Crippen LogP contribution in [0.3, 0.4) is 0 Å². The summed E-state index contributed by atoms with van der Waals surface area (Å²) in [5, 5.41) is 4.01. The maximum Gasteiger partial charge on any atom is 0.0795 e. The maximum atomic E-state index is 4.75. The molecule has 5 heteroatoms. The predicted molar refractivity (Wildman–Crippen MR) is 204 cm³/mol. The first kappa shape index (κ1) is 34.1. The fraction of sp³-hybridized carbons (Fsp3) is 0.209. The average Bonchev–Trinajstić information content (AvgIpc) is 3.76. The molecule has 1 saturated carbocycles. The van der Waals surface area contributed by atoms with Crippen LogP contribution in [0.15, 0.2) is 122 Å². The molecule has 1 aliphatic rings. The quantitative estimate of drug-likeness (QED) is 0.123. The summed E-state index contributed by atoms with van der Waals surface area (Å²) in [6.45, 7) is 7.00. The van der Waals surface area contributed by atoms with Gasteiger partial charge in [0, 0.05) is 37.2 Å². The number of thiophene rings is 1. The van der Waals surface area contributed by atoms with Crippen LogP contribution in [0.4, 0.5) is 0 Å². The van der Waals surface area contributed by atoms with Crippen molar-refractivity contribution < 1.29 is 20.1 Å². The molecule has 1 aliphatic carbocycles. The Morgan fingerprint density at radius 1 is 0.729 bits per heavy atom. The number of pyridine rings is 2. The third-order valence-corrected chi connectivity index (χ3v) is 12.4. The Morgan fingerprint density at radius 2 is 1.54 bits per heavy atom. The molecule has 48 heavy (non-hydrogen) atoms. The molecule has 0 unspecified atom stereocenters. The Balaban J connectivity index is 0.000000201. The Morgan fingerprint density at radius 3 is 2.27 bits per heavy atom. The molecular weight excluding hydrogens is 797 g/mol. The van der Waals surface area contributed by atoms with Crippen LogP contribution >= 0.6 is 11.3 Å². The van der Waals surface area contributed by atoms with E-state index in [9.17, 15) is 0 Å². The van der Waals surface area contributed by atoms with Crippen molar-refractivity contribution in [1.82, 2.24) is 9.97 Å². The largest absolute Gasteiger partial charge is 0.305 e. The molecule has 0 aliphatic heterocycles. The first-order valence-corrected chi connectivity index (χ1v) is 21.1. The van der Waals surface area contributed by atoms with Crippen molar-refractivity contribution in [3.8, 4) is 33.6 Å². The average molecular weight is 837 g/mol. The van der Waals surface area contributed by atoms with E-state index in [1.165, 1.54) is 74.2 Å². The minimum absolute atomic E-state index is 0. The van der Waals surface area contributed by atoms with Gasteiger partial charge in [0.25, 0.3) is 0 Å². The molecule has 0 amide bonds. The molecule has 0 N–H and O–H groups in total. The van der Waals surface area contributed by atoms with E-state index in [1.807, 2.05) is 48.0 Å². The van der Waals surface area contributed by atoms with Crippen molar-refractivity contribution in [3.05, 3.63) is 139 Å². The SMILES string of the molecule is C[Si](C)(C)c1ccc(-c2[c-]cccc2)nc1.[Ir].[c-]1ccc2c(sc3cc(-c4ccccc4)ccc32)c1-c1cc(CC2CCCC2)ccn1. The second kappa shape index (κ2) is 15.2. The fourth-order valence-corrected chi connectivity index (χ4v) is 8.86. The van der Waals surface area contributed by atoms with E-state index in [1.54, 1.807) is 0 Å². The molecule has 2 nitrogen and oxygen atoms in total. The van der Waals surface area contributed by atoms with E-state index in [2.05, 4.69) is 122 Å². The Kier molecular flexibility index (Phi) is 10.8. The summed E-state index contributed by atoms with van der Waals surface area (Å²) in [7, 11) is -1.23. The van der Waals surface area contributed by atoms with Crippen LogP contribution in [0.25, 0.3) is 53.8 Å². The van der Waals surface area contributed by atoms with Gasteiger partial charge in [0.05, 0.1) is 8.07 Å². The minimum Gasteiger partial charge on any atom is -0.305 e. The first-order chi connectivity index (χ1) is 22.9. The maximum absolute atomic E-state index is 4.75. The van der Waals surface area contributed by atoms with Crippen molar-refractivity contribution in [1.29, 1.82) is 0 Å². The standard InChI is InChI=1S/C29H24NS.C14H16NSi.Ir/c1-2-9-22(10-3-1)23-13-14-24-25-11-6-12-26(29(25)31-28(24)19-23)27-18-21(15-16-30-27)17-20-7-4-5-8-20;1-16(2,3)13-9-10-14(15-11-13)12-7-5-4-6-8-12;/h1-3,6,9-11,13-16,18-20H,4-5,7-8,17H2;4-7,9-11H,1-3H3;/q2*-1;. The van der Waals surface area contributed by atoms with Crippen molar-refractivity contribution in [3.63, 3.8) is 0 Å². The van der Waals surface area contributed by atoms with Crippen molar-refractivity contribution in [2.75, 3.05) is 0 Å². The molecule has 0 bridgehead atoms. The number of hydrogen-bond donors (Lipinski definition) is 0. The molecule has 0 spiro atoms. The van der Waals surface area contributed by atoms with Crippen LogP contribution < -0.4 is 5.19 Å². The zero-order chi connectivity index (χ0) is 32.2. The third kappa shape index (κ3) is 7.77. The molecule has 1 radical (unpaired) electrons. The number of hydrogen-bond acceptors (Lipinski definition) is 3.